The molecule has 0 saturated carbocycles. The number of ether oxygens (including phenoxy) is 3. The molecule has 3 nitrogen and oxygen atoms in total. The third-order valence-corrected chi connectivity index (χ3v) is 4.25. The summed E-state index contributed by atoms with van der Waals surface area (Å²) in [4.78, 5) is 0.247. The van der Waals surface area contributed by atoms with E-state index < -0.39 is 0 Å². The van der Waals surface area contributed by atoms with E-state index in [4.69, 9.17) is 14.2 Å². The number of methoxy groups -OCH3 is 3. The van der Waals surface area contributed by atoms with Gasteiger partial charge in [-0.2, -0.15) is 0 Å². The van der Waals surface area contributed by atoms with E-state index in [-0.39, 0.29) is 4.83 Å². The molecule has 0 aliphatic rings. The first-order chi connectivity index (χ1) is 9.08. The van der Waals surface area contributed by atoms with Crippen LogP contribution < -0.4 is 14.2 Å². The van der Waals surface area contributed by atoms with E-state index in [1.54, 1.807) is 21.3 Å². The molecular weight excluding hydrogens is 308 g/mol. The number of hydrogen-bond donors (Lipinski definition) is 0. The first-order valence-electron chi connectivity index (χ1n) is 6.51. The highest BCUT2D eigenvalue weighted by atomic mass is 79.9. The maximum Gasteiger partial charge on any atom is 0.203 e. The van der Waals surface area contributed by atoms with Crippen LogP contribution >= 0.6 is 15.9 Å². The van der Waals surface area contributed by atoms with Gasteiger partial charge in [0.15, 0.2) is 11.5 Å². The van der Waals surface area contributed by atoms with Crippen molar-refractivity contribution in [3.8, 4) is 17.2 Å². The van der Waals surface area contributed by atoms with Gasteiger partial charge in [0, 0.05) is 10.4 Å². The molecule has 0 spiro atoms. The standard InChI is InChI=1S/C15H23BrO3/c1-6-10(2)9-12(16)11-7-8-13(17-3)15(19-5)14(11)18-4/h7-8,10,12H,6,9H2,1-5H3. The molecule has 4 heteroatoms. The summed E-state index contributed by atoms with van der Waals surface area (Å²) in [6.45, 7) is 4.46. The van der Waals surface area contributed by atoms with Gasteiger partial charge >= 0.3 is 0 Å². The number of halogens is 1. The second kappa shape index (κ2) is 7.63. The molecule has 1 aromatic carbocycles. The van der Waals surface area contributed by atoms with E-state index in [1.807, 2.05) is 12.1 Å². The van der Waals surface area contributed by atoms with Crippen molar-refractivity contribution in [3.05, 3.63) is 17.7 Å². The maximum atomic E-state index is 5.51. The molecule has 19 heavy (non-hydrogen) atoms. The maximum absolute atomic E-state index is 5.51. The smallest absolute Gasteiger partial charge is 0.203 e. The number of hydrogen-bond acceptors (Lipinski definition) is 3. The lowest BCUT2D eigenvalue weighted by Gasteiger charge is -2.20. The Labute approximate surface area is 124 Å². The van der Waals surface area contributed by atoms with E-state index in [9.17, 15) is 0 Å². The molecule has 0 aromatic heterocycles. The zero-order valence-electron chi connectivity index (χ0n) is 12.3. The van der Waals surface area contributed by atoms with E-state index in [0.717, 1.165) is 24.2 Å². The first-order valence-corrected chi connectivity index (χ1v) is 7.43. The summed E-state index contributed by atoms with van der Waals surface area (Å²) in [5.41, 5.74) is 1.10. The summed E-state index contributed by atoms with van der Waals surface area (Å²) in [5.74, 6) is 2.73. The molecule has 0 N–H and O–H groups in total. The lowest BCUT2D eigenvalue weighted by molar-refractivity contribution is 0.321. The van der Waals surface area contributed by atoms with Gasteiger partial charge < -0.3 is 14.2 Å². The van der Waals surface area contributed by atoms with Gasteiger partial charge in [0.2, 0.25) is 5.75 Å². The van der Waals surface area contributed by atoms with Gasteiger partial charge in [-0.05, 0) is 18.4 Å². The molecular formula is C15H23BrO3. The summed E-state index contributed by atoms with van der Waals surface area (Å²) in [6.07, 6.45) is 2.22. The molecule has 0 heterocycles. The SMILES string of the molecule is CCC(C)CC(Br)c1ccc(OC)c(OC)c1OC. The third kappa shape index (κ3) is 3.78. The summed E-state index contributed by atoms with van der Waals surface area (Å²) in [6, 6.07) is 3.95. The van der Waals surface area contributed by atoms with Crippen molar-refractivity contribution >= 4 is 15.9 Å². The molecule has 2 atom stereocenters. The highest BCUT2D eigenvalue weighted by Gasteiger charge is 2.21. The van der Waals surface area contributed by atoms with Crippen molar-refractivity contribution < 1.29 is 14.2 Å². The minimum atomic E-state index is 0.247. The fraction of sp³-hybridized carbons (Fsp3) is 0.600. The van der Waals surface area contributed by atoms with Gasteiger partial charge in [0.25, 0.3) is 0 Å². The van der Waals surface area contributed by atoms with Crippen LogP contribution in [-0.4, -0.2) is 21.3 Å². The normalized spacial score (nSPS) is 13.8. The van der Waals surface area contributed by atoms with Crippen LogP contribution in [0.2, 0.25) is 0 Å². The predicted molar refractivity (Wildman–Crippen MR) is 81.8 cm³/mol. The van der Waals surface area contributed by atoms with Crippen molar-refractivity contribution in [2.24, 2.45) is 5.92 Å². The molecule has 2 unspecified atom stereocenters. The van der Waals surface area contributed by atoms with Crippen LogP contribution in [0, 0.1) is 5.92 Å². The van der Waals surface area contributed by atoms with Crippen LogP contribution in [0.25, 0.3) is 0 Å². The van der Waals surface area contributed by atoms with Crippen LogP contribution in [0.4, 0.5) is 0 Å². The predicted octanol–water partition coefficient (Wildman–Crippen LogP) is 4.58. The molecule has 0 radical (unpaired) electrons. The second-order valence-corrected chi connectivity index (χ2v) is 5.75. The molecule has 0 aliphatic carbocycles. The van der Waals surface area contributed by atoms with Gasteiger partial charge in [-0.1, -0.05) is 42.3 Å². The fourth-order valence-corrected chi connectivity index (χ4v) is 3.02. The molecule has 0 amide bonds. The minimum Gasteiger partial charge on any atom is -0.493 e. The van der Waals surface area contributed by atoms with Gasteiger partial charge in [-0.3, -0.25) is 0 Å². The zero-order chi connectivity index (χ0) is 14.4. The Kier molecular flexibility index (Phi) is 6.49. The Morgan fingerprint density at radius 1 is 1.05 bits per heavy atom. The van der Waals surface area contributed by atoms with Crippen LogP contribution in [0.1, 0.15) is 37.1 Å². The Bertz CT molecular complexity index is 407. The summed E-state index contributed by atoms with van der Waals surface area (Å²) < 4.78 is 16.2. The van der Waals surface area contributed by atoms with Gasteiger partial charge in [0.1, 0.15) is 0 Å². The molecule has 0 aliphatic heterocycles. The average molecular weight is 331 g/mol. The lowest BCUT2D eigenvalue weighted by atomic mass is 9.98. The zero-order valence-corrected chi connectivity index (χ0v) is 13.9. The Balaban J connectivity index is 3.13. The monoisotopic (exact) mass is 330 g/mol. The van der Waals surface area contributed by atoms with E-state index in [2.05, 4.69) is 29.8 Å². The number of alkyl halides is 1. The van der Waals surface area contributed by atoms with Crippen molar-refractivity contribution in [2.75, 3.05) is 21.3 Å². The van der Waals surface area contributed by atoms with Gasteiger partial charge in [0.05, 0.1) is 21.3 Å². The van der Waals surface area contributed by atoms with E-state index >= 15 is 0 Å². The molecule has 108 valence electrons. The lowest BCUT2D eigenvalue weighted by Crippen LogP contribution is -2.03. The number of benzene rings is 1. The van der Waals surface area contributed by atoms with E-state index in [0.29, 0.717) is 17.4 Å². The van der Waals surface area contributed by atoms with Crippen LogP contribution in [0.15, 0.2) is 12.1 Å². The van der Waals surface area contributed by atoms with Crippen molar-refractivity contribution in [3.63, 3.8) is 0 Å². The molecule has 0 fully saturated rings. The topological polar surface area (TPSA) is 27.7 Å². The summed E-state index contributed by atoms with van der Waals surface area (Å²) in [5, 5.41) is 0. The largest absolute Gasteiger partial charge is 0.493 e. The minimum absolute atomic E-state index is 0.247. The fourth-order valence-electron chi connectivity index (χ4n) is 2.02. The Morgan fingerprint density at radius 3 is 2.16 bits per heavy atom. The van der Waals surface area contributed by atoms with Crippen molar-refractivity contribution in [1.82, 2.24) is 0 Å². The summed E-state index contributed by atoms with van der Waals surface area (Å²) in [7, 11) is 4.91. The Hall–Kier alpha value is -0.900. The van der Waals surface area contributed by atoms with Gasteiger partial charge in [-0.15, -0.1) is 0 Å². The summed E-state index contributed by atoms with van der Waals surface area (Å²) >= 11 is 3.75. The van der Waals surface area contributed by atoms with E-state index in [1.165, 1.54) is 0 Å². The second-order valence-electron chi connectivity index (χ2n) is 4.64. The van der Waals surface area contributed by atoms with Crippen molar-refractivity contribution in [2.45, 2.75) is 31.5 Å². The number of rotatable bonds is 7. The third-order valence-electron chi connectivity index (χ3n) is 3.38. The molecule has 1 rings (SSSR count). The highest BCUT2D eigenvalue weighted by Crippen LogP contribution is 2.45. The first kappa shape index (κ1) is 16.2. The van der Waals surface area contributed by atoms with Crippen molar-refractivity contribution in [1.29, 1.82) is 0 Å². The average Bonchev–Trinajstić information content (AvgIpc) is 2.44. The molecule has 0 bridgehead atoms. The molecule has 1 aromatic rings. The van der Waals surface area contributed by atoms with Crippen LogP contribution in [0.5, 0.6) is 17.2 Å². The highest BCUT2D eigenvalue weighted by molar-refractivity contribution is 9.09. The quantitative estimate of drug-likeness (QED) is 0.684. The molecule has 0 saturated heterocycles. The van der Waals surface area contributed by atoms with Crippen LogP contribution in [-0.2, 0) is 0 Å². The Morgan fingerprint density at radius 2 is 1.68 bits per heavy atom. The van der Waals surface area contributed by atoms with Gasteiger partial charge in [-0.25, -0.2) is 0 Å². The van der Waals surface area contributed by atoms with Crippen LogP contribution in [0.3, 0.4) is 0 Å².